The molecule has 2 fully saturated rings. The summed E-state index contributed by atoms with van der Waals surface area (Å²) in [4.78, 5) is 16.9. The van der Waals surface area contributed by atoms with Crippen molar-refractivity contribution in [2.45, 2.75) is 44.9 Å². The second-order valence-corrected chi connectivity index (χ2v) is 8.39. The molecule has 26 heavy (non-hydrogen) atoms. The Bertz CT molecular complexity index is 761. The molecule has 1 aliphatic carbocycles. The Balaban J connectivity index is 1.36. The number of benzene rings is 1. The molecule has 1 saturated heterocycles. The monoisotopic (exact) mass is 370 g/mol. The number of carbonyl (C=O) groups excluding carboxylic acids is 1. The zero-order valence-electron chi connectivity index (χ0n) is 15.4. The maximum atomic E-state index is 12.7. The van der Waals surface area contributed by atoms with Crippen LogP contribution >= 0.6 is 11.3 Å². The third-order valence-electron chi connectivity index (χ3n) is 5.49. The average molecular weight is 371 g/mol. The van der Waals surface area contributed by atoms with Crippen molar-refractivity contribution >= 4 is 22.4 Å². The number of aromatic nitrogens is 2. The number of anilines is 1. The van der Waals surface area contributed by atoms with Gasteiger partial charge in [0.15, 0.2) is 0 Å². The van der Waals surface area contributed by atoms with Gasteiger partial charge in [-0.25, -0.2) is 0 Å². The van der Waals surface area contributed by atoms with Crippen LogP contribution in [0.5, 0.6) is 0 Å². The molecule has 0 spiro atoms. The molecule has 0 radical (unpaired) electrons. The van der Waals surface area contributed by atoms with Crippen molar-refractivity contribution in [1.82, 2.24) is 15.1 Å². The van der Waals surface area contributed by atoms with Gasteiger partial charge in [0.2, 0.25) is 5.13 Å². The summed E-state index contributed by atoms with van der Waals surface area (Å²) in [5, 5.41) is 11.1. The summed E-state index contributed by atoms with van der Waals surface area (Å²) in [5.41, 5.74) is 1.91. The van der Waals surface area contributed by atoms with Crippen molar-refractivity contribution in [1.29, 1.82) is 0 Å². The standard InChI is InChI=1S/C20H26N4OS/c1-15-6-5-9-17(14-15)19(25)23-10-12-24(13-11-23)20-22-21-18(26-20)16-7-3-2-4-8-16/h5-6,9,14,16H,2-4,7-8,10-13H2,1H3. The summed E-state index contributed by atoms with van der Waals surface area (Å²) in [6.45, 7) is 5.16. The van der Waals surface area contributed by atoms with Gasteiger partial charge in [0, 0.05) is 37.7 Å². The van der Waals surface area contributed by atoms with Gasteiger partial charge in [0.1, 0.15) is 5.01 Å². The topological polar surface area (TPSA) is 49.3 Å². The molecule has 138 valence electrons. The Labute approximate surface area is 159 Å². The third-order valence-corrected chi connectivity index (χ3v) is 6.63. The quantitative estimate of drug-likeness (QED) is 0.823. The molecule has 2 aromatic rings. The Kier molecular flexibility index (Phi) is 5.20. The van der Waals surface area contributed by atoms with Gasteiger partial charge in [0.05, 0.1) is 0 Å². The molecule has 1 amide bonds. The highest BCUT2D eigenvalue weighted by molar-refractivity contribution is 7.15. The van der Waals surface area contributed by atoms with Gasteiger partial charge in [-0.3, -0.25) is 4.79 Å². The Morgan fingerprint density at radius 2 is 1.85 bits per heavy atom. The van der Waals surface area contributed by atoms with Crippen LogP contribution in [0.1, 0.15) is 59.0 Å². The molecular formula is C20H26N4OS. The number of nitrogens with zero attached hydrogens (tertiary/aromatic N) is 4. The molecule has 1 aliphatic heterocycles. The molecule has 0 bridgehead atoms. The Morgan fingerprint density at radius 1 is 1.08 bits per heavy atom. The first-order valence-corrected chi connectivity index (χ1v) is 10.5. The summed E-state index contributed by atoms with van der Waals surface area (Å²) < 4.78 is 0. The van der Waals surface area contributed by atoms with Crippen LogP contribution in [-0.2, 0) is 0 Å². The zero-order chi connectivity index (χ0) is 17.9. The number of amides is 1. The zero-order valence-corrected chi connectivity index (χ0v) is 16.2. The number of piperazine rings is 1. The van der Waals surface area contributed by atoms with E-state index in [1.807, 2.05) is 36.1 Å². The minimum absolute atomic E-state index is 0.133. The van der Waals surface area contributed by atoms with E-state index in [9.17, 15) is 4.79 Å². The molecule has 0 N–H and O–H groups in total. The SMILES string of the molecule is Cc1cccc(C(=O)N2CCN(c3nnc(C4CCCCC4)s3)CC2)c1. The molecule has 1 aromatic carbocycles. The van der Waals surface area contributed by atoms with Crippen molar-refractivity contribution in [2.75, 3.05) is 31.1 Å². The Morgan fingerprint density at radius 3 is 2.58 bits per heavy atom. The van der Waals surface area contributed by atoms with Gasteiger partial charge in [-0.15, -0.1) is 10.2 Å². The van der Waals surface area contributed by atoms with E-state index in [1.54, 1.807) is 11.3 Å². The summed E-state index contributed by atoms with van der Waals surface area (Å²) in [6, 6.07) is 7.85. The van der Waals surface area contributed by atoms with Gasteiger partial charge in [0.25, 0.3) is 5.91 Å². The van der Waals surface area contributed by atoms with E-state index in [0.717, 1.165) is 42.4 Å². The van der Waals surface area contributed by atoms with Gasteiger partial charge >= 0.3 is 0 Å². The van der Waals surface area contributed by atoms with E-state index < -0.39 is 0 Å². The molecule has 2 aliphatic rings. The summed E-state index contributed by atoms with van der Waals surface area (Å²) in [5.74, 6) is 0.743. The van der Waals surface area contributed by atoms with Crippen LogP contribution < -0.4 is 4.90 Å². The number of rotatable bonds is 3. The molecule has 1 aromatic heterocycles. The molecule has 0 atom stereocenters. The fraction of sp³-hybridized carbons (Fsp3) is 0.550. The van der Waals surface area contributed by atoms with Crippen LogP contribution in [0, 0.1) is 6.92 Å². The van der Waals surface area contributed by atoms with Crippen molar-refractivity contribution in [3.63, 3.8) is 0 Å². The van der Waals surface area contributed by atoms with E-state index in [0.29, 0.717) is 5.92 Å². The molecular weight excluding hydrogens is 344 g/mol. The first kappa shape index (κ1) is 17.5. The number of hydrogen-bond acceptors (Lipinski definition) is 5. The van der Waals surface area contributed by atoms with Crippen LogP contribution in [0.15, 0.2) is 24.3 Å². The lowest BCUT2D eigenvalue weighted by Gasteiger charge is -2.34. The van der Waals surface area contributed by atoms with Crippen molar-refractivity contribution in [3.8, 4) is 0 Å². The minimum atomic E-state index is 0.133. The van der Waals surface area contributed by atoms with Gasteiger partial charge in [-0.2, -0.15) is 0 Å². The normalized spacial score (nSPS) is 19.0. The summed E-state index contributed by atoms with van der Waals surface area (Å²) >= 11 is 1.75. The molecule has 5 nitrogen and oxygen atoms in total. The highest BCUT2D eigenvalue weighted by atomic mass is 32.1. The van der Waals surface area contributed by atoms with Crippen LogP contribution in [0.25, 0.3) is 0 Å². The van der Waals surface area contributed by atoms with Gasteiger partial charge in [-0.1, -0.05) is 48.3 Å². The fourth-order valence-corrected chi connectivity index (χ4v) is 4.99. The van der Waals surface area contributed by atoms with Crippen LogP contribution in [0.3, 0.4) is 0 Å². The largest absolute Gasteiger partial charge is 0.343 e. The lowest BCUT2D eigenvalue weighted by Crippen LogP contribution is -2.48. The maximum absolute atomic E-state index is 12.7. The van der Waals surface area contributed by atoms with E-state index >= 15 is 0 Å². The predicted molar refractivity (Wildman–Crippen MR) is 105 cm³/mol. The van der Waals surface area contributed by atoms with Crippen molar-refractivity contribution in [2.24, 2.45) is 0 Å². The van der Waals surface area contributed by atoms with Crippen molar-refractivity contribution in [3.05, 3.63) is 40.4 Å². The van der Waals surface area contributed by atoms with Gasteiger partial charge in [-0.05, 0) is 31.9 Å². The number of carbonyl (C=O) groups is 1. The van der Waals surface area contributed by atoms with Crippen LogP contribution in [-0.4, -0.2) is 47.2 Å². The predicted octanol–water partition coefficient (Wildman–Crippen LogP) is 3.86. The van der Waals surface area contributed by atoms with Crippen LogP contribution in [0.4, 0.5) is 5.13 Å². The smallest absolute Gasteiger partial charge is 0.253 e. The van der Waals surface area contributed by atoms with E-state index in [2.05, 4.69) is 15.1 Å². The molecule has 2 heterocycles. The summed E-state index contributed by atoms with van der Waals surface area (Å²) in [7, 11) is 0. The van der Waals surface area contributed by atoms with Crippen molar-refractivity contribution < 1.29 is 4.79 Å². The Hall–Kier alpha value is -1.95. The van der Waals surface area contributed by atoms with Gasteiger partial charge < -0.3 is 9.80 Å². The average Bonchev–Trinajstić information content (AvgIpc) is 3.18. The minimum Gasteiger partial charge on any atom is -0.343 e. The first-order chi connectivity index (χ1) is 12.7. The molecule has 4 rings (SSSR count). The highest BCUT2D eigenvalue weighted by Gasteiger charge is 2.26. The third kappa shape index (κ3) is 3.75. The number of aryl methyl sites for hydroxylation is 1. The first-order valence-electron chi connectivity index (χ1n) is 9.65. The lowest BCUT2D eigenvalue weighted by molar-refractivity contribution is 0.0746. The number of hydrogen-bond donors (Lipinski definition) is 0. The fourth-order valence-electron chi connectivity index (χ4n) is 3.93. The molecule has 0 unspecified atom stereocenters. The lowest BCUT2D eigenvalue weighted by atomic mass is 9.90. The van der Waals surface area contributed by atoms with Crippen LogP contribution in [0.2, 0.25) is 0 Å². The van der Waals surface area contributed by atoms with E-state index in [-0.39, 0.29) is 5.91 Å². The van der Waals surface area contributed by atoms with E-state index in [4.69, 9.17) is 0 Å². The summed E-state index contributed by atoms with van der Waals surface area (Å²) in [6.07, 6.45) is 6.51. The molecule has 6 heteroatoms. The second kappa shape index (κ2) is 7.74. The maximum Gasteiger partial charge on any atom is 0.253 e. The highest BCUT2D eigenvalue weighted by Crippen LogP contribution is 2.36. The molecule has 1 saturated carbocycles. The van der Waals surface area contributed by atoms with E-state index in [1.165, 1.54) is 37.1 Å². The second-order valence-electron chi connectivity index (χ2n) is 7.41.